The van der Waals surface area contributed by atoms with Crippen LogP contribution in [0.3, 0.4) is 0 Å². The second-order valence-corrected chi connectivity index (χ2v) is 5.34. The molecule has 0 rings (SSSR count). The van der Waals surface area contributed by atoms with E-state index in [-0.39, 0.29) is 51.4 Å². The van der Waals surface area contributed by atoms with E-state index in [4.69, 9.17) is 0 Å². The molecule has 0 spiro atoms. The summed E-state index contributed by atoms with van der Waals surface area (Å²) in [5, 5.41) is 0. The summed E-state index contributed by atoms with van der Waals surface area (Å²) in [5.74, 6) is 0. The summed E-state index contributed by atoms with van der Waals surface area (Å²) in [7, 11) is -13.4. The molecule has 0 aliphatic rings. The van der Waals surface area contributed by atoms with Crippen LogP contribution in [0.15, 0.2) is 0 Å². The molecular weight excluding hydrogens is 319 g/mol. The van der Waals surface area contributed by atoms with E-state index in [0.29, 0.717) is 0 Å². The van der Waals surface area contributed by atoms with Gasteiger partial charge in [-0.2, -0.15) is 26.3 Å². The maximum absolute atomic E-state index is 11.4. The molecule has 0 aromatic carbocycles. The summed E-state index contributed by atoms with van der Waals surface area (Å²) in [5.41, 5.74) is -12.4. The summed E-state index contributed by atoms with van der Waals surface area (Å²) in [6.45, 7) is 0. The van der Waals surface area contributed by atoms with Crippen LogP contribution in [-0.2, 0) is 20.0 Å². The van der Waals surface area contributed by atoms with E-state index in [0.717, 1.165) is 4.13 Å². The summed E-state index contributed by atoms with van der Waals surface area (Å²) in [4.78, 5) is 0. The van der Waals surface area contributed by atoms with Gasteiger partial charge in [0, 0.05) is 4.13 Å². The first-order valence-corrected chi connectivity index (χ1v) is 5.45. The van der Waals surface area contributed by atoms with Crippen molar-refractivity contribution in [2.75, 3.05) is 0 Å². The quantitative estimate of drug-likeness (QED) is 0.409. The van der Waals surface area contributed by atoms with Crippen LogP contribution in [0.4, 0.5) is 26.3 Å². The van der Waals surface area contributed by atoms with E-state index < -0.39 is 31.1 Å². The molecule has 0 heterocycles. The van der Waals surface area contributed by atoms with Gasteiger partial charge in [0.05, 0.1) is 0 Å². The number of hydrogen-bond acceptors (Lipinski definition) is 4. The van der Waals surface area contributed by atoms with Crippen molar-refractivity contribution < 1.29 is 94.6 Å². The predicted molar refractivity (Wildman–Crippen MR) is 32.1 cm³/mol. The van der Waals surface area contributed by atoms with Crippen molar-refractivity contribution in [3.63, 3.8) is 0 Å². The molecular formula is C2F6KNO4S2+. The van der Waals surface area contributed by atoms with Crippen molar-refractivity contribution in [2.45, 2.75) is 11.0 Å². The number of alkyl halides is 6. The summed E-state index contributed by atoms with van der Waals surface area (Å²) >= 11 is 0. The number of rotatable bonds is 2. The number of halogens is 6. The average Bonchev–Trinajstić information content (AvgIpc) is 1.77. The van der Waals surface area contributed by atoms with Crippen molar-refractivity contribution in [1.82, 2.24) is 4.13 Å². The second-order valence-electron chi connectivity index (χ2n) is 1.92. The van der Waals surface area contributed by atoms with Gasteiger partial charge in [-0.3, -0.25) is 0 Å². The van der Waals surface area contributed by atoms with Crippen LogP contribution in [0.2, 0.25) is 0 Å². The first-order valence-electron chi connectivity index (χ1n) is 2.57. The molecule has 0 N–H and O–H groups in total. The fourth-order valence-corrected chi connectivity index (χ4v) is 1.92. The van der Waals surface area contributed by atoms with Crippen molar-refractivity contribution in [1.29, 1.82) is 0 Å². The molecule has 16 heavy (non-hydrogen) atoms. The molecule has 14 heteroatoms. The van der Waals surface area contributed by atoms with Gasteiger partial charge < -0.3 is 0 Å². The third kappa shape index (κ3) is 4.75. The molecule has 1 radical (unpaired) electrons. The van der Waals surface area contributed by atoms with Crippen LogP contribution in [-0.4, -0.2) is 27.9 Å². The average molecular weight is 319 g/mol. The van der Waals surface area contributed by atoms with Crippen molar-refractivity contribution in [3.8, 4) is 0 Å². The van der Waals surface area contributed by atoms with Crippen LogP contribution in [0, 0.1) is 0 Å². The largest absolute Gasteiger partial charge is 1.00 e. The third-order valence-electron chi connectivity index (χ3n) is 0.781. The van der Waals surface area contributed by atoms with Gasteiger partial charge in [0.2, 0.25) is 0 Å². The Morgan fingerprint density at radius 1 is 0.688 bits per heavy atom. The van der Waals surface area contributed by atoms with Gasteiger partial charge in [-0.25, -0.2) is 16.8 Å². The van der Waals surface area contributed by atoms with Gasteiger partial charge in [-0.15, -0.1) is 0 Å². The van der Waals surface area contributed by atoms with Crippen LogP contribution >= 0.6 is 0 Å². The Morgan fingerprint density at radius 3 is 1.00 bits per heavy atom. The molecule has 0 saturated carbocycles. The fraction of sp³-hybridized carbons (Fsp3) is 1.00. The smallest absolute Gasteiger partial charge is 0.200 e. The molecule has 5 nitrogen and oxygen atoms in total. The van der Waals surface area contributed by atoms with Crippen molar-refractivity contribution >= 4 is 20.0 Å². The topological polar surface area (TPSA) is 82.4 Å². The minimum absolute atomic E-state index is 0. The molecule has 0 aliphatic carbocycles. The van der Waals surface area contributed by atoms with Crippen molar-refractivity contribution in [3.05, 3.63) is 0 Å². The maximum Gasteiger partial charge on any atom is 1.00 e. The van der Waals surface area contributed by atoms with Crippen molar-refractivity contribution in [2.24, 2.45) is 0 Å². The Morgan fingerprint density at radius 2 is 0.875 bits per heavy atom. The SMILES string of the molecule is O=S(=O)([N]S(=O)(=O)C(F)(F)F)C(F)(F)F.[K+]. The Labute approximate surface area is 128 Å². The van der Waals surface area contributed by atoms with Gasteiger partial charge in [0.15, 0.2) is 0 Å². The molecule has 0 atom stereocenters. The molecule has 0 unspecified atom stereocenters. The maximum atomic E-state index is 11.4. The van der Waals surface area contributed by atoms with E-state index >= 15 is 0 Å². The Balaban J connectivity index is 0. The van der Waals surface area contributed by atoms with E-state index in [1.54, 1.807) is 0 Å². The molecule has 0 fully saturated rings. The van der Waals surface area contributed by atoms with Crippen LogP contribution in [0.1, 0.15) is 0 Å². The second kappa shape index (κ2) is 5.37. The summed E-state index contributed by atoms with van der Waals surface area (Å²) in [6.07, 6.45) is 0. The minimum Gasteiger partial charge on any atom is -0.200 e. The van der Waals surface area contributed by atoms with Crippen LogP contribution in [0.5, 0.6) is 0 Å². The van der Waals surface area contributed by atoms with E-state index in [9.17, 15) is 43.2 Å². The zero-order valence-corrected chi connectivity index (χ0v) is 11.9. The van der Waals surface area contributed by atoms with Crippen LogP contribution < -0.4 is 55.5 Å². The van der Waals surface area contributed by atoms with Gasteiger partial charge in [-0.05, 0) is 0 Å². The minimum atomic E-state index is -6.72. The monoisotopic (exact) mass is 319 g/mol. The third-order valence-corrected chi connectivity index (χ3v) is 3.52. The van der Waals surface area contributed by atoms with Crippen LogP contribution in [0.25, 0.3) is 0 Å². The molecule has 0 amide bonds. The van der Waals surface area contributed by atoms with E-state index in [1.165, 1.54) is 0 Å². The van der Waals surface area contributed by atoms with Gasteiger partial charge in [0.1, 0.15) is 0 Å². The van der Waals surface area contributed by atoms with E-state index in [2.05, 4.69) is 0 Å². The first-order chi connectivity index (χ1) is 6.21. The number of sulfonamides is 2. The molecule has 0 aromatic rings. The molecule has 0 saturated heterocycles. The summed E-state index contributed by atoms with van der Waals surface area (Å²) in [6, 6.07) is 0. The standard InChI is InChI=1S/C2F6NO4S2.K/c3-1(4,5)14(10,11)9-15(12,13)2(6,7)8;/q;+1. The van der Waals surface area contributed by atoms with Gasteiger partial charge >= 0.3 is 82.4 Å². The van der Waals surface area contributed by atoms with Gasteiger partial charge in [-0.1, -0.05) is 0 Å². The Hall–Kier alpha value is 1.08. The Kier molecular flexibility index (Phi) is 6.52. The van der Waals surface area contributed by atoms with E-state index in [1.807, 2.05) is 0 Å². The number of hydrogen-bond donors (Lipinski definition) is 0. The molecule has 91 valence electrons. The predicted octanol–water partition coefficient (Wildman–Crippen LogP) is -2.71. The first kappa shape index (κ1) is 19.4. The molecule has 0 aliphatic heterocycles. The fourth-order valence-electron chi connectivity index (χ4n) is 0.214. The van der Waals surface area contributed by atoms with Gasteiger partial charge in [0.25, 0.3) is 0 Å². The number of nitrogens with zero attached hydrogens (tertiary/aromatic N) is 1. The summed E-state index contributed by atoms with van der Waals surface area (Å²) < 4.78 is 109. The normalized spacial score (nSPS) is 14.4. The molecule has 0 bridgehead atoms. The Bertz CT molecular complexity index is 390. The zero-order valence-electron chi connectivity index (χ0n) is 7.16. The zero-order chi connectivity index (χ0) is 12.7. The molecule has 0 aromatic heterocycles.